The van der Waals surface area contributed by atoms with E-state index in [-0.39, 0.29) is 5.82 Å². The standard InChI is InChI=1S/C17H20FN5O/c1-13-20-16(19-11-14-2-4-15(18)5-3-14)10-17(21-13)23-8-6-22(12-24)7-9-23/h2-5,10,12H,6-9,11H2,1H3,(H,19,20,21). The maximum absolute atomic E-state index is 12.9. The lowest BCUT2D eigenvalue weighted by atomic mass is 10.2. The Kier molecular flexibility index (Phi) is 4.88. The summed E-state index contributed by atoms with van der Waals surface area (Å²) in [4.78, 5) is 23.6. The maximum Gasteiger partial charge on any atom is 0.209 e. The number of carbonyl (C=O) groups is 1. The Hall–Kier alpha value is -2.70. The SMILES string of the molecule is Cc1nc(NCc2ccc(F)cc2)cc(N2CCN(C=O)CC2)n1. The Labute approximate surface area is 140 Å². The first-order valence-electron chi connectivity index (χ1n) is 7.92. The molecular weight excluding hydrogens is 309 g/mol. The van der Waals surface area contributed by atoms with Gasteiger partial charge in [0.1, 0.15) is 23.3 Å². The molecule has 1 aromatic carbocycles. The molecule has 0 spiro atoms. The van der Waals surface area contributed by atoms with E-state index in [0.717, 1.165) is 36.7 Å². The van der Waals surface area contributed by atoms with Gasteiger partial charge in [0, 0.05) is 38.8 Å². The molecule has 7 heteroatoms. The Morgan fingerprint density at radius 1 is 1.17 bits per heavy atom. The monoisotopic (exact) mass is 329 g/mol. The van der Waals surface area contributed by atoms with Crippen LogP contribution < -0.4 is 10.2 Å². The molecule has 1 aromatic heterocycles. The van der Waals surface area contributed by atoms with Crippen LogP contribution in [-0.2, 0) is 11.3 Å². The number of aromatic nitrogens is 2. The number of hydrogen-bond acceptors (Lipinski definition) is 5. The van der Waals surface area contributed by atoms with Crippen LogP contribution in [0.25, 0.3) is 0 Å². The van der Waals surface area contributed by atoms with Crippen molar-refractivity contribution in [2.75, 3.05) is 36.4 Å². The highest BCUT2D eigenvalue weighted by Crippen LogP contribution is 2.18. The van der Waals surface area contributed by atoms with Crippen LogP contribution in [0.5, 0.6) is 0 Å². The molecule has 24 heavy (non-hydrogen) atoms. The number of anilines is 2. The van der Waals surface area contributed by atoms with Crippen molar-refractivity contribution >= 4 is 18.0 Å². The molecule has 0 unspecified atom stereocenters. The second-order valence-electron chi connectivity index (χ2n) is 5.77. The van der Waals surface area contributed by atoms with Gasteiger partial charge in [-0.05, 0) is 24.6 Å². The van der Waals surface area contributed by atoms with E-state index < -0.39 is 0 Å². The minimum atomic E-state index is -0.242. The zero-order chi connectivity index (χ0) is 16.9. The second-order valence-corrected chi connectivity index (χ2v) is 5.77. The number of halogens is 1. The number of amides is 1. The van der Waals surface area contributed by atoms with E-state index in [2.05, 4.69) is 20.2 Å². The molecule has 1 amide bonds. The van der Waals surface area contributed by atoms with Crippen molar-refractivity contribution in [1.82, 2.24) is 14.9 Å². The number of nitrogens with zero attached hydrogens (tertiary/aromatic N) is 4. The Bertz CT molecular complexity index is 699. The molecule has 1 fully saturated rings. The van der Waals surface area contributed by atoms with Crippen LogP contribution in [0, 0.1) is 12.7 Å². The van der Waals surface area contributed by atoms with Crippen molar-refractivity contribution in [2.45, 2.75) is 13.5 Å². The highest BCUT2D eigenvalue weighted by atomic mass is 19.1. The van der Waals surface area contributed by atoms with Gasteiger partial charge in [-0.25, -0.2) is 14.4 Å². The number of hydrogen-bond donors (Lipinski definition) is 1. The summed E-state index contributed by atoms with van der Waals surface area (Å²) in [5, 5.41) is 3.25. The first kappa shape index (κ1) is 16.2. The highest BCUT2D eigenvalue weighted by Gasteiger charge is 2.17. The molecule has 0 bridgehead atoms. The Balaban J connectivity index is 1.67. The number of rotatable bonds is 5. The lowest BCUT2D eigenvalue weighted by Gasteiger charge is -2.33. The molecule has 3 rings (SSSR count). The molecule has 0 saturated carbocycles. The van der Waals surface area contributed by atoms with Crippen molar-refractivity contribution < 1.29 is 9.18 Å². The minimum absolute atomic E-state index is 0.242. The zero-order valence-corrected chi connectivity index (χ0v) is 13.6. The summed E-state index contributed by atoms with van der Waals surface area (Å²) in [6.07, 6.45) is 0.887. The summed E-state index contributed by atoms with van der Waals surface area (Å²) >= 11 is 0. The molecule has 126 valence electrons. The van der Waals surface area contributed by atoms with Gasteiger partial charge in [0.25, 0.3) is 0 Å². The largest absolute Gasteiger partial charge is 0.366 e. The van der Waals surface area contributed by atoms with Gasteiger partial charge in [0.05, 0.1) is 0 Å². The van der Waals surface area contributed by atoms with Crippen LogP contribution in [0.15, 0.2) is 30.3 Å². The van der Waals surface area contributed by atoms with Gasteiger partial charge >= 0.3 is 0 Å². The van der Waals surface area contributed by atoms with Crippen molar-refractivity contribution in [2.24, 2.45) is 0 Å². The fourth-order valence-corrected chi connectivity index (χ4v) is 2.66. The molecule has 2 aromatic rings. The summed E-state index contributed by atoms with van der Waals surface area (Å²) in [5.74, 6) is 2.04. The number of aryl methyl sites for hydroxylation is 1. The van der Waals surface area contributed by atoms with Crippen molar-refractivity contribution in [3.8, 4) is 0 Å². The normalized spacial score (nSPS) is 14.6. The van der Waals surface area contributed by atoms with Crippen LogP contribution in [0.3, 0.4) is 0 Å². The molecule has 2 heterocycles. The number of piperazine rings is 1. The summed E-state index contributed by atoms with van der Waals surface area (Å²) in [7, 11) is 0. The van der Waals surface area contributed by atoms with Gasteiger partial charge in [-0.1, -0.05) is 12.1 Å². The highest BCUT2D eigenvalue weighted by molar-refractivity contribution is 5.52. The van der Waals surface area contributed by atoms with Gasteiger partial charge in [0.2, 0.25) is 6.41 Å². The van der Waals surface area contributed by atoms with Crippen molar-refractivity contribution in [3.63, 3.8) is 0 Å². The molecule has 1 aliphatic heterocycles. The zero-order valence-electron chi connectivity index (χ0n) is 13.6. The third-order valence-corrected chi connectivity index (χ3v) is 4.00. The molecule has 1 N–H and O–H groups in total. The summed E-state index contributed by atoms with van der Waals surface area (Å²) in [5.41, 5.74) is 0.980. The van der Waals surface area contributed by atoms with Gasteiger partial charge in [-0.3, -0.25) is 4.79 Å². The lowest BCUT2D eigenvalue weighted by molar-refractivity contribution is -0.118. The average Bonchev–Trinajstić information content (AvgIpc) is 2.61. The van der Waals surface area contributed by atoms with Crippen LogP contribution >= 0.6 is 0 Å². The predicted octanol–water partition coefficient (Wildman–Crippen LogP) is 1.81. The van der Waals surface area contributed by atoms with E-state index >= 15 is 0 Å². The van der Waals surface area contributed by atoms with Crippen LogP contribution in [0.4, 0.5) is 16.0 Å². The van der Waals surface area contributed by atoms with E-state index in [1.165, 1.54) is 12.1 Å². The third kappa shape index (κ3) is 3.98. The molecule has 0 radical (unpaired) electrons. The number of carbonyl (C=O) groups excluding carboxylic acids is 1. The summed E-state index contributed by atoms with van der Waals surface area (Å²) < 4.78 is 12.9. The lowest BCUT2D eigenvalue weighted by Crippen LogP contribution is -2.46. The fraction of sp³-hybridized carbons (Fsp3) is 0.353. The quantitative estimate of drug-likeness (QED) is 0.848. The minimum Gasteiger partial charge on any atom is -0.366 e. The molecule has 6 nitrogen and oxygen atoms in total. The molecule has 0 aliphatic carbocycles. The van der Waals surface area contributed by atoms with Gasteiger partial charge < -0.3 is 15.1 Å². The third-order valence-electron chi connectivity index (χ3n) is 4.00. The van der Waals surface area contributed by atoms with Crippen LogP contribution in [-0.4, -0.2) is 47.5 Å². The number of benzene rings is 1. The smallest absolute Gasteiger partial charge is 0.209 e. The van der Waals surface area contributed by atoms with E-state index in [1.807, 2.05) is 13.0 Å². The van der Waals surface area contributed by atoms with Crippen LogP contribution in [0.2, 0.25) is 0 Å². The Morgan fingerprint density at radius 3 is 2.54 bits per heavy atom. The average molecular weight is 329 g/mol. The topological polar surface area (TPSA) is 61.4 Å². The number of nitrogens with one attached hydrogen (secondary N) is 1. The fourth-order valence-electron chi connectivity index (χ4n) is 2.66. The molecule has 1 aliphatic rings. The molecule has 0 atom stereocenters. The summed E-state index contributed by atoms with van der Waals surface area (Å²) in [6.45, 7) is 5.33. The van der Waals surface area contributed by atoms with Gasteiger partial charge in [-0.2, -0.15) is 0 Å². The molecular formula is C17H20FN5O. The second kappa shape index (κ2) is 7.25. The van der Waals surface area contributed by atoms with Gasteiger partial charge in [0.15, 0.2) is 0 Å². The Morgan fingerprint density at radius 2 is 1.88 bits per heavy atom. The van der Waals surface area contributed by atoms with E-state index in [9.17, 15) is 9.18 Å². The van der Waals surface area contributed by atoms with Crippen molar-refractivity contribution in [3.05, 3.63) is 47.5 Å². The van der Waals surface area contributed by atoms with E-state index in [4.69, 9.17) is 0 Å². The van der Waals surface area contributed by atoms with Gasteiger partial charge in [-0.15, -0.1) is 0 Å². The maximum atomic E-state index is 12.9. The van der Waals surface area contributed by atoms with E-state index in [1.54, 1.807) is 17.0 Å². The van der Waals surface area contributed by atoms with Crippen molar-refractivity contribution in [1.29, 1.82) is 0 Å². The predicted molar refractivity (Wildman–Crippen MR) is 90.3 cm³/mol. The first-order valence-corrected chi connectivity index (χ1v) is 7.92. The first-order chi connectivity index (χ1) is 11.6. The van der Waals surface area contributed by atoms with Crippen LogP contribution in [0.1, 0.15) is 11.4 Å². The van der Waals surface area contributed by atoms with E-state index in [0.29, 0.717) is 25.5 Å². The summed E-state index contributed by atoms with van der Waals surface area (Å²) in [6, 6.07) is 8.29. The molecule has 1 saturated heterocycles.